The lowest BCUT2D eigenvalue weighted by Gasteiger charge is -2.65. The molecule has 1 heterocycles. The summed E-state index contributed by atoms with van der Waals surface area (Å²) in [5.41, 5.74) is -2.94. The Bertz CT molecular complexity index is 949. The van der Waals surface area contributed by atoms with Crippen molar-refractivity contribution < 1.29 is 40.1 Å². The molecule has 0 radical (unpaired) electrons. The Kier molecular flexibility index (Phi) is 6.59. The molecule has 0 aromatic heterocycles. The summed E-state index contributed by atoms with van der Waals surface area (Å²) >= 11 is 0. The first kappa shape index (κ1) is 24.9. The number of fused-ring (bicyclic) bond motifs is 4. The zero-order valence-electron chi connectivity index (χ0n) is 19.7. The first-order chi connectivity index (χ1) is 16.7. The summed E-state index contributed by atoms with van der Waals surface area (Å²) < 4.78 is 12.3. The number of aliphatic hydroxyl groups excluding tert-OH is 4. The number of hydrogen-bond donors (Lipinski definition) is 6. The van der Waals surface area contributed by atoms with Crippen LogP contribution in [0.15, 0.2) is 49.1 Å². The van der Waals surface area contributed by atoms with Crippen LogP contribution in [0.5, 0.6) is 5.75 Å². The first-order valence-corrected chi connectivity index (χ1v) is 12.5. The lowest BCUT2D eigenvalue weighted by Crippen LogP contribution is -2.83. The molecule has 8 heteroatoms. The van der Waals surface area contributed by atoms with E-state index in [9.17, 15) is 30.6 Å². The second kappa shape index (κ2) is 9.27. The third-order valence-corrected chi connectivity index (χ3v) is 8.84. The Morgan fingerprint density at radius 2 is 1.77 bits per heavy atom. The topological polar surface area (TPSA) is 140 Å². The molecule has 11 atom stereocenters. The molecule has 4 aliphatic rings. The fourth-order valence-electron chi connectivity index (χ4n) is 7.09. The van der Waals surface area contributed by atoms with Crippen molar-refractivity contribution in [2.45, 2.75) is 74.0 Å². The van der Waals surface area contributed by atoms with Gasteiger partial charge in [-0.3, -0.25) is 0 Å². The van der Waals surface area contributed by atoms with Crippen molar-refractivity contribution in [1.82, 2.24) is 0 Å². The van der Waals surface area contributed by atoms with Crippen molar-refractivity contribution in [2.75, 3.05) is 6.61 Å². The summed E-state index contributed by atoms with van der Waals surface area (Å²) in [4.78, 5) is 0. The molecule has 3 aliphatic carbocycles. The molecule has 35 heavy (non-hydrogen) atoms. The monoisotopic (exact) mass is 488 g/mol. The van der Waals surface area contributed by atoms with Crippen LogP contribution >= 0.6 is 0 Å². The van der Waals surface area contributed by atoms with Gasteiger partial charge in [0.15, 0.2) is 5.60 Å². The molecule has 8 nitrogen and oxygen atoms in total. The van der Waals surface area contributed by atoms with Crippen molar-refractivity contribution in [2.24, 2.45) is 23.7 Å². The van der Waals surface area contributed by atoms with Crippen LogP contribution in [0.1, 0.15) is 31.2 Å². The fraction of sp³-hybridized carbons (Fsp3) is 0.630. The van der Waals surface area contributed by atoms with Gasteiger partial charge in [0.05, 0.1) is 12.2 Å². The van der Waals surface area contributed by atoms with E-state index in [1.165, 1.54) is 0 Å². The number of benzene rings is 1. The molecule has 1 saturated heterocycles. The Labute approximate surface area is 205 Å². The molecule has 6 N–H and O–H groups in total. The van der Waals surface area contributed by atoms with Crippen LogP contribution in [0.25, 0.3) is 0 Å². The van der Waals surface area contributed by atoms with Gasteiger partial charge >= 0.3 is 0 Å². The maximum absolute atomic E-state index is 12.1. The van der Waals surface area contributed by atoms with Crippen molar-refractivity contribution in [3.8, 4) is 5.75 Å². The van der Waals surface area contributed by atoms with Crippen molar-refractivity contribution in [3.05, 3.63) is 54.6 Å². The molecular formula is C27H36O8. The van der Waals surface area contributed by atoms with Gasteiger partial charge in [0.25, 0.3) is 0 Å². The highest BCUT2D eigenvalue weighted by molar-refractivity contribution is 5.31. The van der Waals surface area contributed by atoms with E-state index >= 15 is 0 Å². The zero-order valence-corrected chi connectivity index (χ0v) is 19.7. The molecule has 11 unspecified atom stereocenters. The third kappa shape index (κ3) is 3.78. The van der Waals surface area contributed by atoms with E-state index in [0.717, 1.165) is 5.56 Å². The summed E-state index contributed by atoms with van der Waals surface area (Å²) in [5.74, 6) is -1.46. The van der Waals surface area contributed by atoms with Gasteiger partial charge in [0, 0.05) is 12.5 Å². The van der Waals surface area contributed by atoms with Crippen LogP contribution < -0.4 is 4.74 Å². The summed E-state index contributed by atoms with van der Waals surface area (Å²) in [7, 11) is 0. The van der Waals surface area contributed by atoms with E-state index in [2.05, 4.69) is 6.58 Å². The maximum Gasteiger partial charge on any atom is 0.232 e. The van der Waals surface area contributed by atoms with Gasteiger partial charge in [-0.15, -0.1) is 6.58 Å². The van der Waals surface area contributed by atoms with Gasteiger partial charge < -0.3 is 40.1 Å². The highest BCUT2D eigenvalue weighted by Crippen LogP contribution is 2.60. The van der Waals surface area contributed by atoms with Gasteiger partial charge in [0.2, 0.25) is 6.29 Å². The molecule has 1 aromatic rings. The van der Waals surface area contributed by atoms with Gasteiger partial charge in [0.1, 0.15) is 23.6 Å². The number of hydrogen-bond acceptors (Lipinski definition) is 8. The quantitative estimate of drug-likeness (QED) is 0.321. The van der Waals surface area contributed by atoms with Crippen LogP contribution in [0.2, 0.25) is 0 Å². The third-order valence-electron chi connectivity index (χ3n) is 8.84. The minimum absolute atomic E-state index is 0.126. The van der Waals surface area contributed by atoms with Crippen LogP contribution in [0, 0.1) is 23.7 Å². The highest BCUT2D eigenvalue weighted by atomic mass is 16.7. The number of aliphatic hydroxyl groups is 6. The van der Waals surface area contributed by atoms with Crippen molar-refractivity contribution >= 4 is 0 Å². The number of rotatable bonds is 6. The van der Waals surface area contributed by atoms with Gasteiger partial charge in [-0.1, -0.05) is 30.4 Å². The van der Waals surface area contributed by atoms with E-state index in [1.807, 2.05) is 18.2 Å². The average molecular weight is 489 g/mol. The minimum Gasteiger partial charge on any atom is -0.462 e. The minimum atomic E-state index is -2.03. The van der Waals surface area contributed by atoms with Gasteiger partial charge in [-0.2, -0.15) is 0 Å². The van der Waals surface area contributed by atoms with Crippen LogP contribution in [-0.4, -0.2) is 79.2 Å². The second-order valence-electron chi connectivity index (χ2n) is 10.6. The molecule has 3 fully saturated rings. The second-order valence-corrected chi connectivity index (χ2v) is 10.6. The molecule has 0 spiro atoms. The van der Waals surface area contributed by atoms with Crippen LogP contribution in [0.4, 0.5) is 0 Å². The Morgan fingerprint density at radius 1 is 1.03 bits per heavy atom. The smallest absolute Gasteiger partial charge is 0.232 e. The molecule has 192 valence electrons. The van der Waals surface area contributed by atoms with Crippen molar-refractivity contribution in [3.63, 3.8) is 0 Å². The normalized spacial score (nSPS) is 46.4. The zero-order chi connectivity index (χ0) is 25.0. The van der Waals surface area contributed by atoms with Crippen molar-refractivity contribution in [1.29, 1.82) is 0 Å². The van der Waals surface area contributed by atoms with Crippen LogP contribution in [-0.2, 0) is 11.2 Å². The summed E-state index contributed by atoms with van der Waals surface area (Å²) in [5, 5.41) is 67.0. The average Bonchev–Trinajstić information content (AvgIpc) is 2.95. The largest absolute Gasteiger partial charge is 0.462 e. The molecule has 1 aliphatic heterocycles. The Morgan fingerprint density at radius 3 is 2.46 bits per heavy atom. The molecule has 5 rings (SSSR count). The van der Waals surface area contributed by atoms with Gasteiger partial charge in [-0.05, 0) is 67.6 Å². The molecule has 1 aromatic carbocycles. The summed E-state index contributed by atoms with van der Waals surface area (Å²) in [6.07, 6.45) is 1.16. The Hall–Kier alpha value is -1.78. The summed E-state index contributed by atoms with van der Waals surface area (Å²) in [6.45, 7) is 3.61. The lowest BCUT2D eigenvalue weighted by molar-refractivity contribution is -0.405. The maximum atomic E-state index is 12.1. The summed E-state index contributed by atoms with van der Waals surface area (Å²) in [6, 6.07) is 7.19. The predicted octanol–water partition coefficient (Wildman–Crippen LogP) is 0.678. The van der Waals surface area contributed by atoms with E-state index in [0.29, 0.717) is 31.4 Å². The van der Waals surface area contributed by atoms with E-state index in [4.69, 9.17) is 9.47 Å². The van der Waals surface area contributed by atoms with Crippen LogP contribution in [0.3, 0.4) is 0 Å². The molecule has 0 amide bonds. The molecule has 2 saturated carbocycles. The molecular weight excluding hydrogens is 452 g/mol. The SMILES string of the molecule is C=CCc1ccc(OC2OC3C(O)C(CCO)CCC4C5C=CC(O)CC5C2(O)C(O)C43O)cc1. The van der Waals surface area contributed by atoms with E-state index in [1.54, 1.807) is 24.3 Å². The number of ether oxygens (including phenoxy) is 2. The first-order valence-electron chi connectivity index (χ1n) is 12.5. The lowest BCUT2D eigenvalue weighted by atomic mass is 9.50. The Balaban J connectivity index is 1.58. The molecule has 2 bridgehead atoms. The fourth-order valence-corrected chi connectivity index (χ4v) is 7.09. The van der Waals surface area contributed by atoms with E-state index < -0.39 is 53.7 Å². The predicted molar refractivity (Wildman–Crippen MR) is 126 cm³/mol. The van der Waals surface area contributed by atoms with Gasteiger partial charge in [-0.25, -0.2) is 0 Å². The number of allylic oxidation sites excluding steroid dienone is 2. The van der Waals surface area contributed by atoms with E-state index in [-0.39, 0.29) is 24.9 Å². The standard InChI is InChI=1S/C27H36O8/c1-2-3-15-4-8-18(9-5-15)34-25-27(33)21-14-17(29)7-10-19(21)20-11-6-16(12-13-28)22(30)23(35-25)26(20,32)24(27)31/h2,4-5,7-10,16-17,19-25,28-33H,1,3,6,11-14H2. The highest BCUT2D eigenvalue weighted by Gasteiger charge is 2.75.